The molecule has 0 saturated heterocycles. The highest BCUT2D eigenvalue weighted by atomic mass is 16.2. The van der Waals surface area contributed by atoms with E-state index in [0.717, 1.165) is 11.3 Å². The van der Waals surface area contributed by atoms with E-state index in [1.165, 1.54) is 0 Å². The van der Waals surface area contributed by atoms with Crippen molar-refractivity contribution in [1.82, 2.24) is 0 Å². The van der Waals surface area contributed by atoms with Gasteiger partial charge in [0.15, 0.2) is 5.78 Å². The molecule has 0 fully saturated rings. The molecule has 6 heteroatoms. The Labute approximate surface area is 174 Å². The van der Waals surface area contributed by atoms with Crippen LogP contribution in [0.15, 0.2) is 71.2 Å². The number of nitrogens with two attached hydrogens (primary N) is 1. The first-order chi connectivity index (χ1) is 14.5. The maximum atomic E-state index is 13.5. The Bertz CT molecular complexity index is 1230. The first-order valence-corrected chi connectivity index (χ1v) is 9.95. The van der Waals surface area contributed by atoms with Crippen molar-refractivity contribution in [2.75, 3.05) is 10.2 Å². The van der Waals surface area contributed by atoms with Crippen LogP contribution in [0.4, 0.5) is 11.4 Å². The smallest absolute Gasteiger partial charge is 0.245 e. The number of aryl methyl sites for hydroxylation is 1. The number of hydrogen-bond donors (Lipinski definition) is 2. The van der Waals surface area contributed by atoms with Crippen molar-refractivity contribution in [2.24, 2.45) is 5.73 Å². The number of Topliss-reactive ketones (excluding diaryl/α,β-unsaturated/α-hetero) is 1. The molecule has 30 heavy (non-hydrogen) atoms. The fourth-order valence-electron chi connectivity index (χ4n) is 5.01. The number of rotatable bonds is 1. The van der Waals surface area contributed by atoms with Crippen molar-refractivity contribution in [1.29, 1.82) is 5.26 Å². The molecule has 0 bridgehead atoms. The van der Waals surface area contributed by atoms with Gasteiger partial charge in [-0.15, -0.1) is 0 Å². The van der Waals surface area contributed by atoms with Crippen LogP contribution < -0.4 is 16.0 Å². The monoisotopic (exact) mass is 396 g/mol. The molecule has 0 aromatic heterocycles. The van der Waals surface area contributed by atoms with Crippen molar-refractivity contribution >= 4 is 23.1 Å². The standard InChI is InChI=1S/C24H20N4O2/c1-14-6-4-7-15(12-14)28-19-10-5-11-20(29)21(19)24(17(13-25)22(28)26)16-8-2-3-9-18(16)27-23(24)30/h2-4,6-9,12H,5,10-11,26H2,1H3,(H,27,30). The number of nitrogens with zero attached hydrogens (tertiary/aromatic N) is 2. The molecule has 1 amide bonds. The third-order valence-electron chi connectivity index (χ3n) is 6.19. The van der Waals surface area contributed by atoms with Crippen LogP contribution in [0.1, 0.15) is 30.4 Å². The summed E-state index contributed by atoms with van der Waals surface area (Å²) < 4.78 is 0. The minimum Gasteiger partial charge on any atom is -0.384 e. The van der Waals surface area contributed by atoms with Gasteiger partial charge < -0.3 is 11.1 Å². The van der Waals surface area contributed by atoms with Gasteiger partial charge in [-0.25, -0.2) is 0 Å². The van der Waals surface area contributed by atoms with Gasteiger partial charge in [0.2, 0.25) is 5.91 Å². The van der Waals surface area contributed by atoms with Crippen LogP contribution in [0.25, 0.3) is 0 Å². The van der Waals surface area contributed by atoms with Gasteiger partial charge in [0.05, 0.1) is 5.57 Å². The number of allylic oxidation sites excluding steroid dienone is 1. The first kappa shape index (κ1) is 18.2. The molecule has 2 aromatic rings. The summed E-state index contributed by atoms with van der Waals surface area (Å²) in [5, 5.41) is 13.1. The van der Waals surface area contributed by atoms with Gasteiger partial charge in [-0.05, 0) is 43.5 Å². The Morgan fingerprint density at radius 1 is 1.13 bits per heavy atom. The lowest BCUT2D eigenvalue weighted by Crippen LogP contribution is -2.50. The number of amides is 1. The van der Waals surface area contributed by atoms with Crippen molar-refractivity contribution in [3.05, 3.63) is 82.3 Å². The van der Waals surface area contributed by atoms with Crippen LogP contribution in [-0.4, -0.2) is 11.7 Å². The summed E-state index contributed by atoms with van der Waals surface area (Å²) >= 11 is 0. The molecule has 3 N–H and O–H groups in total. The molecular formula is C24H20N4O2. The van der Waals surface area contributed by atoms with Crippen LogP contribution in [0.3, 0.4) is 0 Å². The SMILES string of the molecule is Cc1cccc(N2C(N)=C(C#N)C3(C(=O)Nc4ccccc43)C3=C2CCCC3=O)c1. The number of carbonyl (C=O) groups is 2. The summed E-state index contributed by atoms with van der Waals surface area (Å²) in [6.07, 6.45) is 1.62. The number of para-hydroxylation sites is 1. The second-order valence-corrected chi connectivity index (χ2v) is 7.89. The molecule has 5 rings (SSSR count). The third kappa shape index (κ3) is 2.17. The Hall–Kier alpha value is -3.85. The molecule has 1 unspecified atom stereocenters. The minimum atomic E-state index is -1.50. The highest BCUT2D eigenvalue weighted by Gasteiger charge is 2.59. The van der Waals surface area contributed by atoms with Gasteiger partial charge in [0.1, 0.15) is 17.3 Å². The molecule has 2 heterocycles. The van der Waals surface area contributed by atoms with Gasteiger partial charge in [-0.3, -0.25) is 14.5 Å². The lowest BCUT2D eigenvalue weighted by molar-refractivity contribution is -0.122. The average Bonchev–Trinajstić information content (AvgIpc) is 3.01. The Balaban J connectivity index is 1.89. The number of anilines is 2. The second-order valence-electron chi connectivity index (χ2n) is 7.89. The van der Waals surface area contributed by atoms with Crippen molar-refractivity contribution in [2.45, 2.75) is 31.6 Å². The topological polar surface area (TPSA) is 99.2 Å². The quantitative estimate of drug-likeness (QED) is 0.770. The van der Waals surface area contributed by atoms with E-state index in [1.807, 2.05) is 43.3 Å². The predicted octanol–water partition coefficient (Wildman–Crippen LogP) is 3.41. The molecule has 2 aromatic carbocycles. The highest BCUT2D eigenvalue weighted by Crippen LogP contribution is 2.54. The zero-order valence-corrected chi connectivity index (χ0v) is 16.5. The minimum absolute atomic E-state index is 0.0976. The molecule has 1 atom stereocenters. The molecule has 0 radical (unpaired) electrons. The molecule has 1 spiro atoms. The molecule has 148 valence electrons. The molecule has 0 saturated carbocycles. The summed E-state index contributed by atoms with van der Waals surface area (Å²) in [6.45, 7) is 1.97. The number of fused-ring (bicyclic) bond motifs is 3. The van der Waals surface area contributed by atoms with Crippen molar-refractivity contribution in [3.63, 3.8) is 0 Å². The Morgan fingerprint density at radius 2 is 1.93 bits per heavy atom. The fraction of sp³-hybridized carbons (Fsp3) is 0.208. The van der Waals surface area contributed by atoms with E-state index in [-0.39, 0.29) is 17.2 Å². The molecule has 1 aliphatic carbocycles. The zero-order valence-electron chi connectivity index (χ0n) is 16.5. The Kier molecular flexibility index (Phi) is 3.84. The maximum absolute atomic E-state index is 13.5. The van der Waals surface area contributed by atoms with Crippen molar-refractivity contribution in [3.8, 4) is 6.07 Å². The van der Waals surface area contributed by atoms with Crippen LogP contribution in [-0.2, 0) is 15.0 Å². The van der Waals surface area contributed by atoms with Gasteiger partial charge in [0.25, 0.3) is 0 Å². The number of nitriles is 1. The number of benzene rings is 2. The molecule has 6 nitrogen and oxygen atoms in total. The third-order valence-corrected chi connectivity index (χ3v) is 6.19. The second kappa shape index (κ2) is 6.33. The van der Waals surface area contributed by atoms with Gasteiger partial charge in [0, 0.05) is 34.6 Å². The first-order valence-electron chi connectivity index (χ1n) is 9.95. The van der Waals surface area contributed by atoms with E-state index in [1.54, 1.807) is 17.0 Å². The summed E-state index contributed by atoms with van der Waals surface area (Å²) in [6, 6.07) is 17.2. The summed E-state index contributed by atoms with van der Waals surface area (Å²) in [5.41, 5.74) is 9.32. The van der Waals surface area contributed by atoms with E-state index in [4.69, 9.17) is 5.73 Å². The van der Waals surface area contributed by atoms with Crippen LogP contribution >= 0.6 is 0 Å². The van der Waals surface area contributed by atoms with Gasteiger partial charge >= 0.3 is 0 Å². The molecule has 3 aliphatic rings. The summed E-state index contributed by atoms with van der Waals surface area (Å²) in [4.78, 5) is 28.6. The van der Waals surface area contributed by atoms with Crippen molar-refractivity contribution < 1.29 is 9.59 Å². The van der Waals surface area contributed by atoms with Crippen LogP contribution in [0, 0.1) is 18.3 Å². The van der Waals surface area contributed by atoms with Crippen LogP contribution in [0.5, 0.6) is 0 Å². The lowest BCUT2D eigenvalue weighted by Gasteiger charge is -2.43. The number of nitrogens with one attached hydrogen (secondary N) is 1. The number of carbonyl (C=O) groups excluding carboxylic acids is 2. The van der Waals surface area contributed by atoms with Gasteiger partial charge in [-0.2, -0.15) is 5.26 Å². The largest absolute Gasteiger partial charge is 0.384 e. The predicted molar refractivity (Wildman–Crippen MR) is 113 cm³/mol. The van der Waals surface area contributed by atoms with E-state index in [9.17, 15) is 14.9 Å². The molecule has 2 aliphatic heterocycles. The summed E-state index contributed by atoms with van der Waals surface area (Å²) in [5.74, 6) is -0.306. The van der Waals surface area contributed by atoms with E-state index in [0.29, 0.717) is 41.8 Å². The summed E-state index contributed by atoms with van der Waals surface area (Å²) in [7, 11) is 0. The lowest BCUT2D eigenvalue weighted by atomic mass is 9.64. The number of ketones is 1. The van der Waals surface area contributed by atoms with E-state index >= 15 is 0 Å². The maximum Gasteiger partial charge on any atom is 0.245 e. The normalized spacial score (nSPS) is 22.7. The van der Waals surface area contributed by atoms with E-state index in [2.05, 4.69) is 11.4 Å². The number of hydrogen-bond acceptors (Lipinski definition) is 5. The Morgan fingerprint density at radius 3 is 2.70 bits per heavy atom. The van der Waals surface area contributed by atoms with Crippen LogP contribution in [0.2, 0.25) is 0 Å². The molecular weight excluding hydrogens is 376 g/mol. The highest BCUT2D eigenvalue weighted by molar-refractivity contribution is 6.19. The van der Waals surface area contributed by atoms with Gasteiger partial charge in [-0.1, -0.05) is 30.3 Å². The fourth-order valence-corrected chi connectivity index (χ4v) is 5.01. The van der Waals surface area contributed by atoms with E-state index < -0.39 is 11.3 Å². The average molecular weight is 396 g/mol. The zero-order chi connectivity index (χ0) is 21.0.